The lowest BCUT2D eigenvalue weighted by molar-refractivity contribution is -0.0493. The average molecular weight is 321 g/mol. The van der Waals surface area contributed by atoms with Crippen LogP contribution in [0.5, 0.6) is 5.75 Å². The van der Waals surface area contributed by atoms with Crippen LogP contribution in [0.2, 0.25) is 0 Å². The maximum absolute atomic E-state index is 14.1. The van der Waals surface area contributed by atoms with Crippen LogP contribution in [-0.2, 0) is 12.5 Å². The summed E-state index contributed by atoms with van der Waals surface area (Å²) in [7, 11) is 1.59. The first-order valence-corrected chi connectivity index (χ1v) is 7.46. The van der Waals surface area contributed by atoms with Crippen LogP contribution >= 0.6 is 0 Å². The second kappa shape index (κ2) is 8.04. The summed E-state index contributed by atoms with van der Waals surface area (Å²) in [6, 6.07) is 15.0. The molecule has 3 nitrogen and oxygen atoms in total. The monoisotopic (exact) mass is 321 g/mol. The molecule has 0 spiro atoms. The van der Waals surface area contributed by atoms with Gasteiger partial charge in [-0.1, -0.05) is 42.5 Å². The Labute approximate surface area is 134 Å². The number of halogens is 2. The number of aliphatic hydroxyl groups excluding tert-OH is 1. The minimum Gasteiger partial charge on any atom is -0.497 e. The molecular formula is C18H21F2NO2. The summed E-state index contributed by atoms with van der Waals surface area (Å²) in [5.74, 6) is -2.31. The molecule has 2 aromatic carbocycles. The summed E-state index contributed by atoms with van der Waals surface area (Å²) < 4.78 is 33.2. The lowest BCUT2D eigenvalue weighted by Crippen LogP contribution is -2.31. The van der Waals surface area contributed by atoms with Crippen LogP contribution in [0.1, 0.15) is 17.5 Å². The SMILES string of the molecule is COc1cccc(CNCC(O)CC(F)(F)c2ccccc2)c1. The summed E-state index contributed by atoms with van der Waals surface area (Å²) >= 11 is 0. The molecule has 0 amide bonds. The summed E-state index contributed by atoms with van der Waals surface area (Å²) in [6.45, 7) is 0.574. The molecule has 1 unspecified atom stereocenters. The van der Waals surface area contributed by atoms with Crippen molar-refractivity contribution in [1.29, 1.82) is 0 Å². The molecule has 2 aromatic rings. The second-order valence-corrected chi connectivity index (χ2v) is 5.41. The number of alkyl halides is 2. The van der Waals surface area contributed by atoms with E-state index in [9.17, 15) is 13.9 Å². The highest BCUT2D eigenvalue weighted by Crippen LogP contribution is 2.32. The van der Waals surface area contributed by atoms with Crippen molar-refractivity contribution in [3.8, 4) is 5.75 Å². The van der Waals surface area contributed by atoms with E-state index in [2.05, 4.69) is 5.32 Å². The highest BCUT2D eigenvalue weighted by molar-refractivity contribution is 5.28. The van der Waals surface area contributed by atoms with E-state index in [0.29, 0.717) is 6.54 Å². The van der Waals surface area contributed by atoms with E-state index in [0.717, 1.165) is 11.3 Å². The van der Waals surface area contributed by atoms with E-state index in [1.807, 2.05) is 24.3 Å². The predicted molar refractivity (Wildman–Crippen MR) is 85.7 cm³/mol. The van der Waals surface area contributed by atoms with Crippen LogP contribution in [0.15, 0.2) is 54.6 Å². The van der Waals surface area contributed by atoms with Gasteiger partial charge in [0, 0.05) is 25.1 Å². The normalized spacial score (nSPS) is 12.9. The molecule has 5 heteroatoms. The predicted octanol–water partition coefficient (Wildman–Crippen LogP) is 3.33. The quantitative estimate of drug-likeness (QED) is 0.784. The maximum atomic E-state index is 14.1. The molecule has 1 atom stereocenters. The van der Waals surface area contributed by atoms with E-state index in [1.54, 1.807) is 25.3 Å². The molecule has 0 saturated heterocycles. The minimum atomic E-state index is -3.04. The van der Waals surface area contributed by atoms with Crippen LogP contribution in [0, 0.1) is 0 Å². The lowest BCUT2D eigenvalue weighted by Gasteiger charge is -2.20. The Morgan fingerprint density at radius 3 is 2.57 bits per heavy atom. The number of hydrogen-bond acceptors (Lipinski definition) is 3. The number of rotatable bonds is 8. The average Bonchev–Trinajstić information content (AvgIpc) is 2.55. The molecule has 0 saturated carbocycles. The van der Waals surface area contributed by atoms with Crippen LogP contribution < -0.4 is 10.1 Å². The Morgan fingerprint density at radius 2 is 1.87 bits per heavy atom. The molecule has 0 aliphatic heterocycles. The van der Waals surface area contributed by atoms with Gasteiger partial charge in [0.2, 0.25) is 0 Å². The molecular weight excluding hydrogens is 300 g/mol. The smallest absolute Gasteiger partial charge is 0.275 e. The Kier molecular flexibility index (Phi) is 6.07. The first-order chi connectivity index (χ1) is 11.0. The van der Waals surface area contributed by atoms with E-state index in [-0.39, 0.29) is 12.1 Å². The third-order valence-corrected chi connectivity index (χ3v) is 3.53. The van der Waals surface area contributed by atoms with Crippen LogP contribution in [0.25, 0.3) is 0 Å². The van der Waals surface area contributed by atoms with E-state index in [4.69, 9.17) is 4.74 Å². The number of nitrogens with one attached hydrogen (secondary N) is 1. The van der Waals surface area contributed by atoms with Gasteiger partial charge in [0.05, 0.1) is 13.2 Å². The van der Waals surface area contributed by atoms with Gasteiger partial charge in [-0.25, -0.2) is 8.78 Å². The third kappa shape index (κ3) is 5.30. The van der Waals surface area contributed by atoms with Gasteiger partial charge in [-0.05, 0) is 17.7 Å². The van der Waals surface area contributed by atoms with E-state index < -0.39 is 18.4 Å². The van der Waals surface area contributed by atoms with Crippen LogP contribution in [0.4, 0.5) is 8.78 Å². The second-order valence-electron chi connectivity index (χ2n) is 5.41. The molecule has 0 aliphatic rings. The van der Waals surface area contributed by atoms with Crippen molar-refractivity contribution in [2.24, 2.45) is 0 Å². The highest BCUT2D eigenvalue weighted by atomic mass is 19.3. The van der Waals surface area contributed by atoms with Gasteiger partial charge in [-0.15, -0.1) is 0 Å². The molecule has 0 fully saturated rings. The number of ether oxygens (including phenoxy) is 1. The molecule has 0 bridgehead atoms. The topological polar surface area (TPSA) is 41.5 Å². The maximum Gasteiger partial charge on any atom is 0.275 e. The van der Waals surface area contributed by atoms with Gasteiger partial charge in [-0.3, -0.25) is 0 Å². The van der Waals surface area contributed by atoms with E-state index >= 15 is 0 Å². The van der Waals surface area contributed by atoms with Crippen molar-refractivity contribution in [3.05, 3.63) is 65.7 Å². The highest BCUT2D eigenvalue weighted by Gasteiger charge is 2.33. The van der Waals surface area contributed by atoms with Crippen molar-refractivity contribution in [2.45, 2.75) is 25.0 Å². The summed E-state index contributed by atoms with van der Waals surface area (Å²) in [5, 5.41) is 12.8. The van der Waals surface area contributed by atoms with Crippen molar-refractivity contribution < 1.29 is 18.6 Å². The zero-order valence-corrected chi connectivity index (χ0v) is 13.0. The first kappa shape index (κ1) is 17.4. The molecule has 0 heterocycles. The third-order valence-electron chi connectivity index (χ3n) is 3.53. The molecule has 0 aromatic heterocycles. The summed E-state index contributed by atoms with van der Waals surface area (Å²) in [5.41, 5.74) is 0.887. The summed E-state index contributed by atoms with van der Waals surface area (Å²) in [6.07, 6.45) is -1.74. The van der Waals surface area contributed by atoms with Crippen molar-refractivity contribution in [2.75, 3.05) is 13.7 Å². The Morgan fingerprint density at radius 1 is 1.13 bits per heavy atom. The standard InChI is InChI=1S/C18H21F2NO2/c1-23-17-9-5-6-14(10-17)12-21-13-16(22)11-18(19,20)15-7-3-2-4-8-15/h2-10,16,21-22H,11-13H2,1H3. The molecule has 2 N–H and O–H groups in total. The van der Waals surface area contributed by atoms with Gasteiger partial charge in [0.15, 0.2) is 0 Å². The summed E-state index contributed by atoms with van der Waals surface area (Å²) in [4.78, 5) is 0. The number of methoxy groups -OCH3 is 1. The van der Waals surface area contributed by atoms with Crippen molar-refractivity contribution in [3.63, 3.8) is 0 Å². The van der Waals surface area contributed by atoms with Crippen molar-refractivity contribution in [1.82, 2.24) is 5.32 Å². The zero-order chi connectivity index (χ0) is 16.7. The largest absolute Gasteiger partial charge is 0.497 e. The zero-order valence-electron chi connectivity index (χ0n) is 13.0. The fourth-order valence-electron chi connectivity index (χ4n) is 2.33. The minimum absolute atomic E-state index is 0.0770. The number of hydrogen-bond donors (Lipinski definition) is 2. The molecule has 124 valence electrons. The van der Waals surface area contributed by atoms with Crippen LogP contribution in [-0.4, -0.2) is 24.9 Å². The molecule has 23 heavy (non-hydrogen) atoms. The lowest BCUT2D eigenvalue weighted by atomic mass is 10.0. The molecule has 0 aliphatic carbocycles. The van der Waals surface area contributed by atoms with Crippen LogP contribution in [0.3, 0.4) is 0 Å². The Bertz CT molecular complexity index is 605. The van der Waals surface area contributed by atoms with E-state index in [1.165, 1.54) is 12.1 Å². The van der Waals surface area contributed by atoms with Crippen molar-refractivity contribution >= 4 is 0 Å². The molecule has 0 radical (unpaired) electrons. The molecule has 2 rings (SSSR count). The number of aliphatic hydroxyl groups is 1. The Hall–Kier alpha value is -1.98. The first-order valence-electron chi connectivity index (χ1n) is 7.46. The number of benzene rings is 2. The van der Waals surface area contributed by atoms with Gasteiger partial charge in [-0.2, -0.15) is 0 Å². The van der Waals surface area contributed by atoms with Gasteiger partial charge in [0.25, 0.3) is 5.92 Å². The fraction of sp³-hybridized carbons (Fsp3) is 0.333. The van der Waals surface area contributed by atoms with Gasteiger partial charge < -0.3 is 15.2 Å². The van der Waals surface area contributed by atoms with Gasteiger partial charge >= 0.3 is 0 Å². The van der Waals surface area contributed by atoms with Gasteiger partial charge in [0.1, 0.15) is 5.75 Å². The fourth-order valence-corrected chi connectivity index (χ4v) is 2.33. The Balaban J connectivity index is 1.81.